The van der Waals surface area contributed by atoms with Crippen LogP contribution in [0.25, 0.3) is 0 Å². The molecule has 7 heteroatoms. The molecule has 0 bridgehead atoms. The summed E-state index contributed by atoms with van der Waals surface area (Å²) in [4.78, 5) is 12.9. The zero-order chi connectivity index (χ0) is 21.0. The predicted octanol–water partition coefficient (Wildman–Crippen LogP) is 3.41. The molecule has 2 aromatic rings. The van der Waals surface area contributed by atoms with Crippen molar-refractivity contribution < 1.29 is 13.2 Å². The van der Waals surface area contributed by atoms with Crippen LogP contribution < -0.4 is 5.32 Å². The number of carbonyl (C=O) groups excluding carboxylic acids is 1. The van der Waals surface area contributed by atoms with Gasteiger partial charge >= 0.3 is 0 Å². The summed E-state index contributed by atoms with van der Waals surface area (Å²) in [6.45, 7) is 4.33. The van der Waals surface area contributed by atoms with E-state index in [0.29, 0.717) is 42.9 Å². The smallest absolute Gasteiger partial charge is 0.243 e. The van der Waals surface area contributed by atoms with Crippen molar-refractivity contribution in [2.45, 2.75) is 38.0 Å². The first-order valence-corrected chi connectivity index (χ1v) is 11.1. The van der Waals surface area contributed by atoms with Gasteiger partial charge in [-0.25, -0.2) is 8.42 Å². The van der Waals surface area contributed by atoms with Gasteiger partial charge in [0.2, 0.25) is 15.9 Å². The van der Waals surface area contributed by atoms with Crippen LogP contribution in [0, 0.1) is 31.1 Å². The van der Waals surface area contributed by atoms with E-state index in [1.165, 1.54) is 4.31 Å². The van der Waals surface area contributed by atoms with E-state index in [-0.39, 0.29) is 11.8 Å². The first-order chi connectivity index (χ1) is 13.8. The Morgan fingerprint density at radius 1 is 1.14 bits per heavy atom. The average molecular weight is 412 g/mol. The molecule has 0 aromatic heterocycles. The highest BCUT2D eigenvalue weighted by Gasteiger charge is 2.32. The van der Waals surface area contributed by atoms with Crippen molar-refractivity contribution in [2.75, 3.05) is 18.4 Å². The molecule has 1 heterocycles. The summed E-state index contributed by atoms with van der Waals surface area (Å²) in [6, 6.07) is 14.7. The van der Waals surface area contributed by atoms with Gasteiger partial charge in [0.15, 0.2) is 0 Å². The van der Waals surface area contributed by atoms with E-state index in [0.717, 1.165) is 16.7 Å². The van der Waals surface area contributed by atoms with Gasteiger partial charge in [-0.15, -0.1) is 0 Å². The molecule has 1 aliphatic rings. The monoisotopic (exact) mass is 411 g/mol. The van der Waals surface area contributed by atoms with Gasteiger partial charge in [0.05, 0.1) is 17.4 Å². The molecule has 0 aliphatic carbocycles. The van der Waals surface area contributed by atoms with Crippen LogP contribution in [0.3, 0.4) is 0 Å². The number of sulfonamides is 1. The zero-order valence-electron chi connectivity index (χ0n) is 16.7. The van der Waals surface area contributed by atoms with Crippen LogP contribution in [0.1, 0.15) is 29.5 Å². The van der Waals surface area contributed by atoms with E-state index in [9.17, 15) is 13.2 Å². The topological polar surface area (TPSA) is 90.3 Å². The number of nitriles is 1. The van der Waals surface area contributed by atoms with Gasteiger partial charge in [-0.2, -0.15) is 9.57 Å². The lowest BCUT2D eigenvalue weighted by molar-refractivity contribution is -0.120. The highest BCUT2D eigenvalue weighted by molar-refractivity contribution is 7.89. The van der Waals surface area contributed by atoms with Crippen LogP contribution in [0.4, 0.5) is 5.69 Å². The molecule has 0 saturated carbocycles. The lowest BCUT2D eigenvalue weighted by atomic mass is 9.97. The fraction of sp³-hybridized carbons (Fsp3) is 0.364. The maximum absolute atomic E-state index is 13.0. The molecule has 29 heavy (non-hydrogen) atoms. The summed E-state index contributed by atoms with van der Waals surface area (Å²) < 4.78 is 27.5. The van der Waals surface area contributed by atoms with Crippen LogP contribution in [0.5, 0.6) is 0 Å². The van der Waals surface area contributed by atoms with Crippen molar-refractivity contribution >= 4 is 21.6 Å². The molecule has 0 spiro atoms. The normalized spacial score (nSPS) is 15.6. The molecule has 152 valence electrons. The van der Waals surface area contributed by atoms with Crippen LogP contribution in [0.15, 0.2) is 47.4 Å². The maximum Gasteiger partial charge on any atom is 0.243 e. The average Bonchev–Trinajstić information content (AvgIpc) is 2.71. The number of hydrogen-bond acceptors (Lipinski definition) is 4. The number of carbonyl (C=O) groups is 1. The number of rotatable bonds is 5. The Labute approximate surface area is 172 Å². The molecule has 3 rings (SSSR count). The molecule has 1 N–H and O–H groups in total. The Balaban J connectivity index is 1.61. The third-order valence-electron chi connectivity index (χ3n) is 5.29. The Hall–Kier alpha value is -2.69. The first kappa shape index (κ1) is 21.0. The van der Waals surface area contributed by atoms with Crippen molar-refractivity contribution in [3.63, 3.8) is 0 Å². The van der Waals surface area contributed by atoms with E-state index in [2.05, 4.69) is 11.4 Å². The molecule has 2 aromatic carbocycles. The Kier molecular flexibility index (Phi) is 6.36. The lowest BCUT2D eigenvalue weighted by Gasteiger charge is -2.31. The molecule has 1 aliphatic heterocycles. The summed E-state index contributed by atoms with van der Waals surface area (Å²) >= 11 is 0. The molecule has 0 unspecified atom stereocenters. The number of benzene rings is 2. The van der Waals surface area contributed by atoms with Crippen molar-refractivity contribution in [2.24, 2.45) is 5.92 Å². The SMILES string of the molecule is Cc1ccc(C)c(S(=O)(=O)N2CCC(C(=O)Nc3ccc(CC#N)cc3)CC2)c1. The van der Waals surface area contributed by atoms with Gasteiger partial charge in [0.1, 0.15) is 0 Å². The Bertz CT molecular complexity index is 1030. The molecule has 1 saturated heterocycles. The number of hydrogen-bond donors (Lipinski definition) is 1. The highest BCUT2D eigenvalue weighted by Crippen LogP contribution is 2.27. The van der Waals surface area contributed by atoms with Crippen molar-refractivity contribution in [1.29, 1.82) is 5.26 Å². The van der Waals surface area contributed by atoms with Gasteiger partial charge < -0.3 is 5.32 Å². The van der Waals surface area contributed by atoms with E-state index in [4.69, 9.17) is 5.26 Å². The maximum atomic E-state index is 13.0. The molecule has 1 fully saturated rings. The fourth-order valence-electron chi connectivity index (χ4n) is 3.52. The highest BCUT2D eigenvalue weighted by atomic mass is 32.2. The summed E-state index contributed by atoms with van der Waals surface area (Å²) in [7, 11) is -3.56. The van der Waals surface area contributed by atoms with Crippen LogP contribution in [-0.2, 0) is 21.2 Å². The second-order valence-electron chi connectivity index (χ2n) is 7.47. The summed E-state index contributed by atoms with van der Waals surface area (Å²) in [5, 5.41) is 11.6. The lowest BCUT2D eigenvalue weighted by Crippen LogP contribution is -2.41. The largest absolute Gasteiger partial charge is 0.326 e. The molecule has 0 atom stereocenters. The van der Waals surface area contributed by atoms with E-state index in [1.807, 2.05) is 31.2 Å². The standard InChI is InChI=1S/C22H25N3O3S/c1-16-3-4-17(2)21(15-16)29(27,28)25-13-10-19(11-14-25)22(26)24-20-7-5-18(6-8-20)9-12-23/h3-8,15,19H,9-11,13-14H2,1-2H3,(H,24,26). The van der Waals surface area contributed by atoms with Crippen LogP contribution >= 0.6 is 0 Å². The van der Waals surface area contributed by atoms with Gasteiger partial charge in [0, 0.05) is 24.7 Å². The third kappa shape index (κ3) is 4.84. The van der Waals surface area contributed by atoms with E-state index < -0.39 is 10.0 Å². The van der Waals surface area contributed by atoms with Gasteiger partial charge in [-0.3, -0.25) is 4.79 Å². The number of amides is 1. The van der Waals surface area contributed by atoms with Crippen molar-refractivity contribution in [1.82, 2.24) is 4.31 Å². The van der Waals surface area contributed by atoms with Gasteiger partial charge in [-0.05, 0) is 61.6 Å². The van der Waals surface area contributed by atoms with Gasteiger partial charge in [-0.1, -0.05) is 24.3 Å². The molecular weight excluding hydrogens is 386 g/mol. The first-order valence-electron chi connectivity index (χ1n) is 9.65. The fourth-order valence-corrected chi connectivity index (χ4v) is 5.30. The quantitative estimate of drug-likeness (QED) is 0.816. The molecule has 6 nitrogen and oxygen atoms in total. The summed E-state index contributed by atoms with van der Waals surface area (Å²) in [5.74, 6) is -0.319. The van der Waals surface area contributed by atoms with Crippen molar-refractivity contribution in [3.8, 4) is 6.07 Å². The Morgan fingerprint density at radius 3 is 2.41 bits per heavy atom. The van der Waals surface area contributed by atoms with Crippen LogP contribution in [-0.4, -0.2) is 31.7 Å². The molecular formula is C22H25N3O3S. The van der Waals surface area contributed by atoms with Crippen molar-refractivity contribution in [3.05, 3.63) is 59.2 Å². The van der Waals surface area contributed by atoms with E-state index >= 15 is 0 Å². The Morgan fingerprint density at radius 2 is 1.79 bits per heavy atom. The van der Waals surface area contributed by atoms with Gasteiger partial charge in [0.25, 0.3) is 0 Å². The summed E-state index contributed by atoms with van der Waals surface area (Å²) in [5.41, 5.74) is 3.22. The minimum Gasteiger partial charge on any atom is -0.326 e. The predicted molar refractivity (Wildman–Crippen MR) is 112 cm³/mol. The minimum absolute atomic E-state index is 0.0955. The number of piperidine rings is 1. The number of nitrogens with zero attached hydrogens (tertiary/aromatic N) is 2. The second kappa shape index (κ2) is 8.76. The van der Waals surface area contributed by atoms with Crippen LogP contribution in [0.2, 0.25) is 0 Å². The van der Waals surface area contributed by atoms with E-state index in [1.54, 1.807) is 25.1 Å². The number of aryl methyl sites for hydroxylation is 2. The number of anilines is 1. The minimum atomic E-state index is -3.56. The zero-order valence-corrected chi connectivity index (χ0v) is 17.5. The number of nitrogens with one attached hydrogen (secondary N) is 1. The molecule has 1 amide bonds. The molecule has 0 radical (unpaired) electrons. The third-order valence-corrected chi connectivity index (χ3v) is 7.33. The second-order valence-corrected chi connectivity index (χ2v) is 9.37. The summed E-state index contributed by atoms with van der Waals surface area (Å²) in [6.07, 6.45) is 1.31.